The molecule has 0 fully saturated rings. The minimum atomic E-state index is 0.799. The van der Waals surface area contributed by atoms with Crippen molar-refractivity contribution in [2.75, 3.05) is 0 Å². The highest BCUT2D eigenvalue weighted by molar-refractivity contribution is 5.66. The van der Waals surface area contributed by atoms with Crippen LogP contribution in [-0.2, 0) is 13.5 Å². The van der Waals surface area contributed by atoms with E-state index in [9.17, 15) is 0 Å². The summed E-state index contributed by atoms with van der Waals surface area (Å²) in [7, 11) is 1.93. The van der Waals surface area contributed by atoms with Crippen LogP contribution in [-0.4, -0.2) is 19.7 Å². The van der Waals surface area contributed by atoms with Crippen LogP contribution in [0.1, 0.15) is 22.8 Å². The summed E-state index contributed by atoms with van der Waals surface area (Å²) in [6.07, 6.45) is 4.52. The van der Waals surface area contributed by atoms with Crippen molar-refractivity contribution >= 4 is 0 Å². The molecule has 3 aromatic rings. The molecule has 0 atom stereocenters. The number of pyridine rings is 1. The van der Waals surface area contributed by atoms with Gasteiger partial charge in [-0.3, -0.25) is 9.67 Å². The fraction of sp³-hybridized carbons (Fsp3) is 0.235. The number of aryl methyl sites for hydroxylation is 3. The zero-order chi connectivity index (χ0) is 14.8. The Morgan fingerprint density at radius 1 is 1.05 bits per heavy atom. The van der Waals surface area contributed by atoms with Gasteiger partial charge >= 0.3 is 0 Å². The highest BCUT2D eigenvalue weighted by atomic mass is 15.3. The van der Waals surface area contributed by atoms with Crippen molar-refractivity contribution < 1.29 is 0 Å². The van der Waals surface area contributed by atoms with E-state index in [2.05, 4.69) is 52.3 Å². The van der Waals surface area contributed by atoms with E-state index < -0.39 is 0 Å². The molecule has 0 amide bonds. The van der Waals surface area contributed by atoms with E-state index in [1.165, 1.54) is 22.3 Å². The van der Waals surface area contributed by atoms with Gasteiger partial charge in [-0.2, -0.15) is 5.10 Å². The van der Waals surface area contributed by atoms with E-state index in [1.54, 1.807) is 0 Å². The fourth-order valence-corrected chi connectivity index (χ4v) is 2.49. The van der Waals surface area contributed by atoms with Gasteiger partial charge in [0.15, 0.2) is 0 Å². The molecule has 3 rings (SSSR count). The predicted octanol–water partition coefficient (Wildman–Crippen LogP) is 3.08. The number of hydrogen-bond acceptors (Lipinski definition) is 3. The van der Waals surface area contributed by atoms with E-state index in [4.69, 9.17) is 0 Å². The average molecular weight is 278 g/mol. The maximum absolute atomic E-state index is 4.44. The quantitative estimate of drug-likeness (QED) is 0.739. The first-order valence-corrected chi connectivity index (χ1v) is 7.00. The Morgan fingerprint density at radius 3 is 2.43 bits per heavy atom. The van der Waals surface area contributed by atoms with Crippen LogP contribution in [0.25, 0.3) is 11.1 Å². The van der Waals surface area contributed by atoms with E-state index in [-0.39, 0.29) is 0 Å². The molecule has 0 N–H and O–H groups in total. The summed E-state index contributed by atoms with van der Waals surface area (Å²) >= 11 is 0. The number of hydrogen-bond donors (Lipinski definition) is 0. The molecular weight excluding hydrogens is 260 g/mol. The van der Waals surface area contributed by atoms with Crippen molar-refractivity contribution in [2.45, 2.75) is 20.3 Å². The second-order valence-corrected chi connectivity index (χ2v) is 5.26. The SMILES string of the molecule is Cc1nc(Cc2ccc(-c3ccncc3C)cc2)n(C)n1. The average Bonchev–Trinajstić information content (AvgIpc) is 2.78. The van der Waals surface area contributed by atoms with Gasteiger partial charge < -0.3 is 0 Å². The first-order valence-electron chi connectivity index (χ1n) is 7.00. The molecule has 0 radical (unpaired) electrons. The van der Waals surface area contributed by atoms with Gasteiger partial charge in [-0.25, -0.2) is 4.98 Å². The molecule has 0 spiro atoms. The van der Waals surface area contributed by atoms with Crippen molar-refractivity contribution in [3.8, 4) is 11.1 Å². The second-order valence-electron chi connectivity index (χ2n) is 5.26. The van der Waals surface area contributed by atoms with Crippen LogP contribution in [0.15, 0.2) is 42.7 Å². The standard InChI is InChI=1S/C17H18N4/c1-12-11-18-9-8-16(12)15-6-4-14(5-7-15)10-17-19-13(2)20-21(17)3/h4-9,11H,10H2,1-3H3. The number of nitrogens with zero attached hydrogens (tertiary/aromatic N) is 4. The Kier molecular flexibility index (Phi) is 3.52. The van der Waals surface area contributed by atoms with E-state index in [1.807, 2.05) is 31.0 Å². The zero-order valence-electron chi connectivity index (χ0n) is 12.5. The molecule has 4 heteroatoms. The molecular formula is C17H18N4. The summed E-state index contributed by atoms with van der Waals surface area (Å²) in [4.78, 5) is 8.58. The van der Waals surface area contributed by atoms with Crippen LogP contribution in [0.2, 0.25) is 0 Å². The van der Waals surface area contributed by atoms with Gasteiger partial charge in [0.1, 0.15) is 11.6 Å². The van der Waals surface area contributed by atoms with E-state index >= 15 is 0 Å². The summed E-state index contributed by atoms with van der Waals surface area (Å²) in [6, 6.07) is 10.7. The van der Waals surface area contributed by atoms with Crippen LogP contribution < -0.4 is 0 Å². The van der Waals surface area contributed by atoms with Crippen LogP contribution in [0, 0.1) is 13.8 Å². The number of benzene rings is 1. The minimum absolute atomic E-state index is 0.799. The molecule has 0 aliphatic heterocycles. The van der Waals surface area contributed by atoms with E-state index in [0.717, 1.165) is 18.1 Å². The Hall–Kier alpha value is -2.49. The third-order valence-electron chi connectivity index (χ3n) is 3.61. The molecule has 0 saturated carbocycles. The van der Waals surface area contributed by atoms with Crippen LogP contribution in [0.5, 0.6) is 0 Å². The lowest BCUT2D eigenvalue weighted by Crippen LogP contribution is -2.00. The van der Waals surface area contributed by atoms with Crippen molar-refractivity contribution in [3.05, 3.63) is 65.5 Å². The summed E-state index contributed by atoms with van der Waals surface area (Å²) in [5.41, 5.74) is 4.87. The molecule has 1 aromatic carbocycles. The molecule has 2 heterocycles. The highest BCUT2D eigenvalue weighted by Crippen LogP contribution is 2.23. The Labute approximate surface area is 124 Å². The van der Waals surface area contributed by atoms with Crippen LogP contribution in [0.4, 0.5) is 0 Å². The maximum Gasteiger partial charge on any atom is 0.147 e. The fourth-order valence-electron chi connectivity index (χ4n) is 2.49. The molecule has 0 unspecified atom stereocenters. The normalized spacial score (nSPS) is 10.8. The molecule has 0 aliphatic rings. The van der Waals surface area contributed by atoms with Crippen molar-refractivity contribution in [2.24, 2.45) is 7.05 Å². The highest BCUT2D eigenvalue weighted by Gasteiger charge is 2.06. The molecule has 2 aromatic heterocycles. The summed E-state index contributed by atoms with van der Waals surface area (Å²) in [5, 5.41) is 4.28. The summed E-state index contributed by atoms with van der Waals surface area (Å²) < 4.78 is 1.84. The summed E-state index contributed by atoms with van der Waals surface area (Å²) in [6.45, 7) is 4.00. The maximum atomic E-state index is 4.44. The molecule has 0 aliphatic carbocycles. The van der Waals surface area contributed by atoms with Gasteiger partial charge in [0, 0.05) is 25.9 Å². The monoisotopic (exact) mass is 278 g/mol. The predicted molar refractivity (Wildman–Crippen MR) is 83.0 cm³/mol. The first-order chi connectivity index (χ1) is 10.1. The van der Waals surface area contributed by atoms with E-state index in [0.29, 0.717) is 0 Å². The lowest BCUT2D eigenvalue weighted by molar-refractivity contribution is 0.712. The number of aromatic nitrogens is 4. The Morgan fingerprint density at radius 2 is 1.81 bits per heavy atom. The summed E-state index contributed by atoms with van der Waals surface area (Å²) in [5.74, 6) is 1.80. The van der Waals surface area contributed by atoms with Crippen LogP contribution >= 0.6 is 0 Å². The van der Waals surface area contributed by atoms with Crippen LogP contribution in [0.3, 0.4) is 0 Å². The van der Waals surface area contributed by atoms with Gasteiger partial charge in [-0.15, -0.1) is 0 Å². The molecule has 0 saturated heterocycles. The molecule has 4 nitrogen and oxygen atoms in total. The lowest BCUT2D eigenvalue weighted by atomic mass is 10.0. The molecule has 0 bridgehead atoms. The van der Waals surface area contributed by atoms with Gasteiger partial charge in [0.05, 0.1) is 0 Å². The first kappa shape index (κ1) is 13.5. The molecule has 21 heavy (non-hydrogen) atoms. The Balaban J connectivity index is 1.85. The van der Waals surface area contributed by atoms with Gasteiger partial charge in [0.2, 0.25) is 0 Å². The van der Waals surface area contributed by atoms with Crippen molar-refractivity contribution in [3.63, 3.8) is 0 Å². The van der Waals surface area contributed by atoms with Gasteiger partial charge in [-0.1, -0.05) is 24.3 Å². The third-order valence-corrected chi connectivity index (χ3v) is 3.61. The minimum Gasteiger partial charge on any atom is -0.264 e. The topological polar surface area (TPSA) is 43.6 Å². The third kappa shape index (κ3) is 2.84. The lowest BCUT2D eigenvalue weighted by Gasteiger charge is -2.06. The van der Waals surface area contributed by atoms with Gasteiger partial charge in [-0.05, 0) is 42.2 Å². The second kappa shape index (κ2) is 5.48. The van der Waals surface area contributed by atoms with Gasteiger partial charge in [0.25, 0.3) is 0 Å². The molecule has 106 valence electrons. The van der Waals surface area contributed by atoms with Crippen molar-refractivity contribution in [1.29, 1.82) is 0 Å². The largest absolute Gasteiger partial charge is 0.264 e. The Bertz CT molecular complexity index is 757. The zero-order valence-corrected chi connectivity index (χ0v) is 12.5. The number of rotatable bonds is 3. The van der Waals surface area contributed by atoms with Crippen molar-refractivity contribution in [1.82, 2.24) is 19.7 Å². The smallest absolute Gasteiger partial charge is 0.147 e.